The Labute approximate surface area is 155 Å². The van der Waals surface area contributed by atoms with E-state index in [4.69, 9.17) is 39.5 Å². The number of carbonyl (C=O) groups excluding carboxylic acids is 1. The summed E-state index contributed by atoms with van der Waals surface area (Å²) in [5.41, 5.74) is 1.64. The normalized spacial score (nSPS) is 17.3. The second kappa shape index (κ2) is 7.08. The van der Waals surface area contributed by atoms with Gasteiger partial charge in [0, 0.05) is 11.3 Å². The molecule has 0 unspecified atom stereocenters. The Morgan fingerprint density at radius 2 is 1.96 bits per heavy atom. The molecular formula is C16H18Cl3N3O2. The van der Waals surface area contributed by atoms with Crippen molar-refractivity contribution in [3.63, 3.8) is 0 Å². The number of hydrogen-bond donors (Lipinski definition) is 0. The molecule has 130 valence electrons. The molecule has 1 aliphatic rings. The lowest BCUT2D eigenvalue weighted by Gasteiger charge is -2.28. The summed E-state index contributed by atoms with van der Waals surface area (Å²) in [7, 11) is 2.11. The van der Waals surface area contributed by atoms with E-state index in [1.54, 1.807) is 0 Å². The summed E-state index contributed by atoms with van der Waals surface area (Å²) in [6.07, 6.45) is 1.39. The summed E-state index contributed by atoms with van der Waals surface area (Å²) in [6.45, 7) is 1.71. The van der Waals surface area contributed by atoms with Crippen LogP contribution in [0.1, 0.15) is 24.5 Å². The summed E-state index contributed by atoms with van der Waals surface area (Å²) in [5, 5.41) is 5.50. The van der Waals surface area contributed by atoms with Crippen molar-refractivity contribution in [2.75, 3.05) is 26.7 Å². The van der Waals surface area contributed by atoms with Gasteiger partial charge in [-0.15, -0.1) is 0 Å². The number of para-hydroxylation sites is 1. The third kappa shape index (κ3) is 3.97. The van der Waals surface area contributed by atoms with Gasteiger partial charge < -0.3 is 9.64 Å². The largest absolute Gasteiger partial charge is 0.443 e. The van der Waals surface area contributed by atoms with E-state index in [9.17, 15) is 4.79 Å². The molecule has 1 aliphatic heterocycles. The zero-order valence-corrected chi connectivity index (χ0v) is 15.5. The van der Waals surface area contributed by atoms with Crippen LogP contribution in [0.25, 0.3) is 10.9 Å². The predicted octanol–water partition coefficient (Wildman–Crippen LogP) is 4.20. The number of aromatic nitrogens is 2. The van der Waals surface area contributed by atoms with Gasteiger partial charge in [0.1, 0.15) is 6.61 Å². The Balaban J connectivity index is 1.90. The Hall–Kier alpha value is -1.01. The number of benzene rings is 1. The van der Waals surface area contributed by atoms with Crippen molar-refractivity contribution in [3.8, 4) is 0 Å². The van der Waals surface area contributed by atoms with Gasteiger partial charge in [-0.1, -0.05) is 53.0 Å². The molecule has 0 saturated carbocycles. The smallest absolute Gasteiger partial charge is 0.435 e. The number of ether oxygens (including phenoxy) is 1. The van der Waals surface area contributed by atoms with Crippen LogP contribution in [0, 0.1) is 0 Å². The summed E-state index contributed by atoms with van der Waals surface area (Å²) >= 11 is 16.9. The van der Waals surface area contributed by atoms with E-state index in [1.807, 2.05) is 24.3 Å². The number of halogens is 3. The molecule has 3 rings (SSSR count). The quantitative estimate of drug-likeness (QED) is 0.721. The SMILES string of the molecule is CN1CCC(c2nn(C(=O)OCC(Cl)(Cl)Cl)c3ccccc23)CC1. The van der Waals surface area contributed by atoms with Crippen LogP contribution >= 0.6 is 34.8 Å². The highest BCUT2D eigenvalue weighted by Crippen LogP contribution is 2.32. The maximum atomic E-state index is 12.3. The van der Waals surface area contributed by atoms with Crippen LogP contribution in [-0.2, 0) is 4.74 Å². The van der Waals surface area contributed by atoms with Gasteiger partial charge in [-0.05, 0) is 39.0 Å². The van der Waals surface area contributed by atoms with Crippen molar-refractivity contribution in [2.45, 2.75) is 22.6 Å². The van der Waals surface area contributed by atoms with Crippen molar-refractivity contribution in [1.29, 1.82) is 0 Å². The molecule has 24 heavy (non-hydrogen) atoms. The molecule has 1 saturated heterocycles. The van der Waals surface area contributed by atoms with Gasteiger partial charge in [0.25, 0.3) is 0 Å². The molecular weight excluding hydrogens is 373 g/mol. The molecule has 0 N–H and O–H groups in total. The zero-order chi connectivity index (χ0) is 17.3. The highest BCUT2D eigenvalue weighted by Gasteiger charge is 2.27. The van der Waals surface area contributed by atoms with Crippen LogP contribution in [0.5, 0.6) is 0 Å². The zero-order valence-electron chi connectivity index (χ0n) is 13.2. The van der Waals surface area contributed by atoms with Gasteiger partial charge in [-0.3, -0.25) is 0 Å². The third-order valence-corrected chi connectivity index (χ3v) is 4.58. The first kappa shape index (κ1) is 17.8. The number of piperidine rings is 1. The highest BCUT2D eigenvalue weighted by molar-refractivity contribution is 6.67. The molecule has 1 aromatic heterocycles. The van der Waals surface area contributed by atoms with Crippen LogP contribution < -0.4 is 0 Å². The molecule has 0 amide bonds. The highest BCUT2D eigenvalue weighted by atomic mass is 35.6. The van der Waals surface area contributed by atoms with Crippen LogP contribution in [0.15, 0.2) is 24.3 Å². The minimum atomic E-state index is -1.64. The predicted molar refractivity (Wildman–Crippen MR) is 96.2 cm³/mol. The second-order valence-electron chi connectivity index (χ2n) is 6.06. The van der Waals surface area contributed by atoms with Gasteiger partial charge >= 0.3 is 6.09 Å². The number of fused-ring (bicyclic) bond motifs is 1. The maximum Gasteiger partial charge on any atom is 0.435 e. The Kier molecular flexibility index (Phi) is 5.25. The lowest BCUT2D eigenvalue weighted by atomic mass is 9.92. The first-order valence-electron chi connectivity index (χ1n) is 7.75. The fourth-order valence-electron chi connectivity index (χ4n) is 3.02. The lowest BCUT2D eigenvalue weighted by Crippen LogP contribution is -2.29. The first-order valence-corrected chi connectivity index (χ1v) is 8.88. The van der Waals surface area contributed by atoms with Gasteiger partial charge in [-0.2, -0.15) is 9.78 Å². The first-order chi connectivity index (χ1) is 11.3. The van der Waals surface area contributed by atoms with E-state index in [0.29, 0.717) is 11.4 Å². The Bertz CT molecular complexity index is 734. The monoisotopic (exact) mass is 389 g/mol. The molecule has 0 atom stereocenters. The van der Waals surface area contributed by atoms with Crippen molar-refractivity contribution in [3.05, 3.63) is 30.0 Å². The number of likely N-dealkylation sites (tertiary alicyclic amines) is 1. The minimum absolute atomic E-state index is 0.325. The van der Waals surface area contributed by atoms with E-state index < -0.39 is 9.89 Å². The van der Waals surface area contributed by atoms with E-state index in [2.05, 4.69) is 17.0 Å². The van der Waals surface area contributed by atoms with Crippen LogP contribution in [-0.4, -0.2) is 51.3 Å². The molecule has 2 heterocycles. The average molecular weight is 391 g/mol. The summed E-state index contributed by atoms with van der Waals surface area (Å²) in [6, 6.07) is 7.63. The standard InChI is InChI=1S/C16H18Cl3N3O2/c1-21-8-6-11(7-9-21)14-12-4-2-3-5-13(12)22(20-14)15(23)24-10-16(17,18)19/h2-5,11H,6-10H2,1H3. The Morgan fingerprint density at radius 1 is 1.29 bits per heavy atom. The second-order valence-corrected chi connectivity index (χ2v) is 8.58. The minimum Gasteiger partial charge on any atom is -0.443 e. The van der Waals surface area contributed by atoms with Gasteiger partial charge in [0.05, 0.1) is 11.2 Å². The fourth-order valence-corrected chi connectivity index (χ4v) is 3.18. The van der Waals surface area contributed by atoms with Crippen molar-refractivity contribution in [1.82, 2.24) is 14.7 Å². The maximum absolute atomic E-state index is 12.3. The molecule has 8 heteroatoms. The van der Waals surface area contributed by atoms with Crippen LogP contribution in [0.3, 0.4) is 0 Å². The van der Waals surface area contributed by atoms with Gasteiger partial charge in [0.15, 0.2) is 0 Å². The number of nitrogens with zero attached hydrogens (tertiary/aromatic N) is 3. The van der Waals surface area contributed by atoms with E-state index in [0.717, 1.165) is 37.0 Å². The number of rotatable bonds is 2. The summed E-state index contributed by atoms with van der Waals surface area (Å²) < 4.78 is 4.70. The van der Waals surface area contributed by atoms with Crippen LogP contribution in [0.2, 0.25) is 0 Å². The van der Waals surface area contributed by atoms with Crippen LogP contribution in [0.4, 0.5) is 4.79 Å². The lowest BCUT2D eigenvalue weighted by molar-refractivity contribution is 0.147. The number of hydrogen-bond acceptors (Lipinski definition) is 4. The van der Waals surface area contributed by atoms with Gasteiger partial charge in [-0.25, -0.2) is 4.79 Å². The summed E-state index contributed by atoms with van der Waals surface area (Å²) in [5.74, 6) is 0.327. The van der Waals surface area contributed by atoms with Gasteiger partial charge in [0.2, 0.25) is 3.79 Å². The molecule has 5 nitrogen and oxygen atoms in total. The molecule has 2 aromatic rings. The number of carbonyl (C=O) groups is 1. The molecule has 0 spiro atoms. The average Bonchev–Trinajstić information content (AvgIpc) is 2.92. The fraction of sp³-hybridized carbons (Fsp3) is 0.500. The molecule has 0 radical (unpaired) electrons. The van der Waals surface area contributed by atoms with E-state index in [1.165, 1.54) is 4.68 Å². The van der Waals surface area contributed by atoms with E-state index >= 15 is 0 Å². The Morgan fingerprint density at radius 3 is 2.62 bits per heavy atom. The molecule has 0 bridgehead atoms. The molecule has 0 aliphatic carbocycles. The molecule has 1 aromatic carbocycles. The topological polar surface area (TPSA) is 47.4 Å². The molecule has 1 fully saturated rings. The summed E-state index contributed by atoms with van der Waals surface area (Å²) in [4.78, 5) is 14.6. The van der Waals surface area contributed by atoms with Crippen molar-refractivity contribution < 1.29 is 9.53 Å². The van der Waals surface area contributed by atoms with Crippen molar-refractivity contribution in [2.24, 2.45) is 0 Å². The van der Waals surface area contributed by atoms with Crippen molar-refractivity contribution >= 4 is 51.8 Å². The third-order valence-electron chi connectivity index (χ3n) is 4.25. The van der Waals surface area contributed by atoms with E-state index in [-0.39, 0.29) is 6.61 Å². The number of alkyl halides is 3.